The van der Waals surface area contributed by atoms with Gasteiger partial charge in [0.1, 0.15) is 0 Å². The van der Waals surface area contributed by atoms with E-state index < -0.39 is 0 Å². The highest BCUT2D eigenvalue weighted by molar-refractivity contribution is 6.32. The van der Waals surface area contributed by atoms with E-state index in [1.165, 1.54) is 25.0 Å². The Bertz CT molecular complexity index is 788. The van der Waals surface area contributed by atoms with Crippen LogP contribution in [0.4, 0.5) is 0 Å². The van der Waals surface area contributed by atoms with Crippen molar-refractivity contribution in [2.75, 3.05) is 7.11 Å². The minimum absolute atomic E-state index is 0.130. The molecule has 126 valence electrons. The van der Waals surface area contributed by atoms with E-state index in [2.05, 4.69) is 10.5 Å². The number of methoxy groups -OCH3 is 1. The first-order chi connectivity index (χ1) is 11.4. The lowest BCUT2D eigenvalue weighted by molar-refractivity contribution is -0.120. The van der Waals surface area contributed by atoms with Crippen LogP contribution in [0.5, 0.6) is 11.5 Å². The average Bonchev–Trinajstić information content (AvgIpc) is 2.54. The number of nitrogens with zero attached hydrogens (tertiary/aromatic N) is 1. The summed E-state index contributed by atoms with van der Waals surface area (Å²) in [5, 5.41) is 13.7. The highest BCUT2D eigenvalue weighted by Crippen LogP contribution is 2.34. The molecule has 0 fully saturated rings. The van der Waals surface area contributed by atoms with Gasteiger partial charge < -0.3 is 9.84 Å². The molecule has 0 bridgehead atoms. The van der Waals surface area contributed by atoms with Gasteiger partial charge in [-0.3, -0.25) is 4.79 Å². The Balaban J connectivity index is 1.99. The molecule has 0 aliphatic carbocycles. The molecule has 0 aromatic heterocycles. The minimum Gasteiger partial charge on any atom is -0.503 e. The second kappa shape index (κ2) is 7.84. The normalized spacial score (nSPS) is 10.8. The summed E-state index contributed by atoms with van der Waals surface area (Å²) in [6.45, 7) is 4.04. The number of aryl methyl sites for hydroxylation is 2. The van der Waals surface area contributed by atoms with Crippen LogP contribution in [0.2, 0.25) is 5.02 Å². The monoisotopic (exact) mass is 346 g/mol. The van der Waals surface area contributed by atoms with Crippen molar-refractivity contribution >= 4 is 23.7 Å². The van der Waals surface area contributed by atoms with Crippen molar-refractivity contribution in [2.45, 2.75) is 20.3 Å². The smallest absolute Gasteiger partial charge is 0.244 e. The lowest BCUT2D eigenvalue weighted by atomic mass is 10.0. The number of hydrazone groups is 1. The van der Waals surface area contributed by atoms with Crippen LogP contribution in [0, 0.1) is 13.8 Å². The Morgan fingerprint density at radius 1 is 1.29 bits per heavy atom. The molecule has 5 nitrogen and oxygen atoms in total. The zero-order valence-electron chi connectivity index (χ0n) is 13.8. The molecule has 2 N–H and O–H groups in total. The third kappa shape index (κ3) is 4.49. The summed E-state index contributed by atoms with van der Waals surface area (Å²) >= 11 is 5.90. The van der Waals surface area contributed by atoms with E-state index in [9.17, 15) is 9.90 Å². The number of halogens is 1. The molecule has 2 rings (SSSR count). The number of hydrogen-bond donors (Lipinski definition) is 2. The van der Waals surface area contributed by atoms with E-state index in [1.54, 1.807) is 6.07 Å². The van der Waals surface area contributed by atoms with Gasteiger partial charge in [0.15, 0.2) is 11.5 Å². The molecule has 24 heavy (non-hydrogen) atoms. The van der Waals surface area contributed by atoms with E-state index in [0.29, 0.717) is 5.56 Å². The van der Waals surface area contributed by atoms with Crippen molar-refractivity contribution in [3.63, 3.8) is 0 Å². The van der Waals surface area contributed by atoms with Crippen molar-refractivity contribution in [1.29, 1.82) is 0 Å². The van der Waals surface area contributed by atoms with Gasteiger partial charge in [0.05, 0.1) is 24.8 Å². The Morgan fingerprint density at radius 3 is 2.71 bits per heavy atom. The first-order valence-corrected chi connectivity index (χ1v) is 7.73. The SMILES string of the molecule is COc1cc(/C=N/NC(=O)Cc2ccc(C)c(C)c2)cc(Cl)c1O. The molecule has 0 aliphatic heterocycles. The molecule has 6 heteroatoms. The molecule has 0 unspecified atom stereocenters. The van der Waals surface area contributed by atoms with Gasteiger partial charge in [0.25, 0.3) is 0 Å². The number of phenols is 1. The summed E-state index contributed by atoms with van der Waals surface area (Å²) in [7, 11) is 1.43. The second-order valence-corrected chi connectivity index (χ2v) is 5.85. The number of rotatable bonds is 5. The lowest BCUT2D eigenvalue weighted by Gasteiger charge is -2.06. The predicted octanol–water partition coefficient (Wildman–Crippen LogP) is 3.36. The molecule has 1 amide bonds. The fourth-order valence-electron chi connectivity index (χ4n) is 2.14. The van der Waals surface area contributed by atoms with Crippen molar-refractivity contribution in [3.05, 3.63) is 57.6 Å². The summed E-state index contributed by atoms with van der Waals surface area (Å²) in [6, 6.07) is 9.00. The molecular weight excluding hydrogens is 328 g/mol. The third-order valence-electron chi connectivity index (χ3n) is 3.61. The predicted molar refractivity (Wildman–Crippen MR) is 95.0 cm³/mol. The summed E-state index contributed by atoms with van der Waals surface area (Å²) in [5.74, 6) is -0.105. The second-order valence-electron chi connectivity index (χ2n) is 5.44. The number of nitrogens with one attached hydrogen (secondary N) is 1. The summed E-state index contributed by atoms with van der Waals surface area (Å²) < 4.78 is 5.01. The fourth-order valence-corrected chi connectivity index (χ4v) is 2.36. The molecule has 0 radical (unpaired) electrons. The third-order valence-corrected chi connectivity index (χ3v) is 3.90. The van der Waals surface area contributed by atoms with Crippen molar-refractivity contribution < 1.29 is 14.6 Å². The van der Waals surface area contributed by atoms with E-state index in [1.807, 2.05) is 32.0 Å². The Hall–Kier alpha value is -2.53. The van der Waals surface area contributed by atoms with Crippen LogP contribution in [0.15, 0.2) is 35.4 Å². The number of amides is 1. The largest absolute Gasteiger partial charge is 0.503 e. The molecule has 0 saturated carbocycles. The summed E-state index contributed by atoms with van der Waals surface area (Å²) in [5.41, 5.74) is 6.34. The van der Waals surface area contributed by atoms with E-state index in [0.717, 1.165) is 11.1 Å². The number of benzene rings is 2. The minimum atomic E-state index is -0.216. The number of phenolic OH excluding ortho intramolecular Hbond substituents is 1. The maximum Gasteiger partial charge on any atom is 0.244 e. The first kappa shape index (κ1) is 17.8. The number of aromatic hydroxyl groups is 1. The van der Waals surface area contributed by atoms with Crippen molar-refractivity contribution in [1.82, 2.24) is 5.43 Å². The van der Waals surface area contributed by atoms with Crippen LogP contribution < -0.4 is 10.2 Å². The molecule has 0 heterocycles. The Morgan fingerprint density at radius 2 is 2.04 bits per heavy atom. The van der Waals surface area contributed by atoms with Gasteiger partial charge in [-0.25, -0.2) is 5.43 Å². The fraction of sp³-hybridized carbons (Fsp3) is 0.222. The number of hydrogen-bond acceptors (Lipinski definition) is 4. The van der Waals surface area contributed by atoms with Crippen LogP contribution >= 0.6 is 11.6 Å². The molecular formula is C18H19ClN2O3. The Labute approximate surface area is 145 Å². The van der Waals surface area contributed by atoms with Crippen LogP contribution in [-0.4, -0.2) is 24.3 Å². The summed E-state index contributed by atoms with van der Waals surface area (Å²) in [6.07, 6.45) is 1.68. The molecule has 0 spiro atoms. The number of carbonyl (C=O) groups excluding carboxylic acids is 1. The maximum absolute atomic E-state index is 11.9. The number of carbonyl (C=O) groups is 1. The van der Waals surface area contributed by atoms with E-state index in [-0.39, 0.29) is 28.8 Å². The zero-order valence-corrected chi connectivity index (χ0v) is 14.5. The number of ether oxygens (including phenoxy) is 1. The van der Waals surface area contributed by atoms with Crippen molar-refractivity contribution in [3.8, 4) is 11.5 Å². The average molecular weight is 347 g/mol. The van der Waals surface area contributed by atoms with Gasteiger partial charge in [0.2, 0.25) is 5.91 Å². The lowest BCUT2D eigenvalue weighted by Crippen LogP contribution is -2.19. The van der Waals surface area contributed by atoms with Gasteiger partial charge in [-0.05, 0) is 48.2 Å². The van der Waals surface area contributed by atoms with Crippen molar-refractivity contribution in [2.24, 2.45) is 5.10 Å². The van der Waals surface area contributed by atoms with Gasteiger partial charge in [0, 0.05) is 0 Å². The quantitative estimate of drug-likeness (QED) is 0.644. The van der Waals surface area contributed by atoms with E-state index in [4.69, 9.17) is 16.3 Å². The zero-order chi connectivity index (χ0) is 17.7. The molecule has 0 saturated heterocycles. The van der Waals surface area contributed by atoms with Gasteiger partial charge in [-0.1, -0.05) is 29.8 Å². The van der Waals surface area contributed by atoms with Crippen LogP contribution in [0.3, 0.4) is 0 Å². The standard InChI is InChI=1S/C18H19ClN2O3/c1-11-4-5-13(6-12(11)2)9-17(22)21-20-10-14-7-15(19)18(23)16(8-14)24-3/h4-8,10,23H,9H2,1-3H3,(H,21,22)/b20-10+. The van der Waals surface area contributed by atoms with Gasteiger partial charge in [-0.2, -0.15) is 5.10 Å². The highest BCUT2D eigenvalue weighted by Gasteiger charge is 2.08. The highest BCUT2D eigenvalue weighted by atomic mass is 35.5. The van der Waals surface area contributed by atoms with Crippen LogP contribution in [0.25, 0.3) is 0 Å². The molecule has 2 aromatic rings. The van der Waals surface area contributed by atoms with Gasteiger partial charge in [-0.15, -0.1) is 0 Å². The molecule has 0 atom stereocenters. The van der Waals surface area contributed by atoms with Gasteiger partial charge >= 0.3 is 0 Å². The molecule has 0 aliphatic rings. The summed E-state index contributed by atoms with van der Waals surface area (Å²) in [4.78, 5) is 11.9. The topological polar surface area (TPSA) is 70.9 Å². The van der Waals surface area contributed by atoms with E-state index >= 15 is 0 Å². The van der Waals surface area contributed by atoms with Crippen LogP contribution in [-0.2, 0) is 11.2 Å². The maximum atomic E-state index is 11.9. The first-order valence-electron chi connectivity index (χ1n) is 7.35. The van der Waals surface area contributed by atoms with Crippen LogP contribution in [0.1, 0.15) is 22.3 Å². The Kier molecular flexibility index (Phi) is 5.82. The molecule has 2 aromatic carbocycles.